The molecule has 0 spiro atoms. The summed E-state index contributed by atoms with van der Waals surface area (Å²) in [5.74, 6) is 1.03. The van der Waals surface area contributed by atoms with Crippen LogP contribution in [0.4, 0.5) is 26.2 Å². The first-order valence-electron chi connectivity index (χ1n) is 12.0. The third-order valence-corrected chi connectivity index (χ3v) is 7.57. The topological polar surface area (TPSA) is 95.6 Å². The lowest BCUT2D eigenvalue weighted by atomic mass is 10.1. The Hall–Kier alpha value is -4.02. The summed E-state index contributed by atoms with van der Waals surface area (Å²) >= 11 is 1.21. The number of para-hydroxylation sites is 1. The molecule has 2 atom stereocenters. The average molecular weight is 518 g/mol. The number of halogens is 1. The molecule has 4 heterocycles. The van der Waals surface area contributed by atoms with Gasteiger partial charge in [-0.25, -0.2) is 14.2 Å². The van der Waals surface area contributed by atoms with Crippen LogP contribution < -0.4 is 25.6 Å². The van der Waals surface area contributed by atoms with E-state index in [0.717, 1.165) is 11.3 Å². The average Bonchev–Trinajstić information content (AvgIpc) is 3.25. The number of anilines is 3. The van der Waals surface area contributed by atoms with E-state index in [0.29, 0.717) is 51.0 Å². The molecule has 10 heteroatoms. The van der Waals surface area contributed by atoms with Crippen molar-refractivity contribution in [2.45, 2.75) is 25.6 Å². The van der Waals surface area contributed by atoms with Crippen molar-refractivity contribution >= 4 is 50.6 Å². The number of pyridine rings is 1. The fraction of sp³-hybridized carbons (Fsp3) is 0.222. The summed E-state index contributed by atoms with van der Waals surface area (Å²) in [6, 6.07) is 16.1. The second kappa shape index (κ2) is 9.45. The fourth-order valence-corrected chi connectivity index (χ4v) is 5.82. The quantitative estimate of drug-likeness (QED) is 0.324. The van der Waals surface area contributed by atoms with Gasteiger partial charge in [0.25, 0.3) is 5.91 Å². The first-order chi connectivity index (χ1) is 18.0. The Bertz CT molecular complexity index is 1510. The Morgan fingerprint density at radius 3 is 2.76 bits per heavy atom. The van der Waals surface area contributed by atoms with E-state index in [1.54, 1.807) is 17.2 Å². The van der Waals surface area contributed by atoms with Gasteiger partial charge in [0, 0.05) is 31.7 Å². The lowest BCUT2D eigenvalue weighted by Crippen LogP contribution is -2.49. The largest absolute Gasteiger partial charge is 0.457 e. The van der Waals surface area contributed by atoms with Crippen molar-refractivity contribution in [3.63, 3.8) is 0 Å². The van der Waals surface area contributed by atoms with E-state index < -0.39 is 6.17 Å². The maximum absolute atomic E-state index is 13.8. The number of alkyl halides is 1. The smallest absolute Gasteiger partial charge is 0.331 e. The van der Waals surface area contributed by atoms with Gasteiger partial charge in [-0.15, -0.1) is 11.3 Å². The molecule has 3 amide bonds. The maximum Gasteiger partial charge on any atom is 0.331 e. The number of hydrogen-bond donors (Lipinski definition) is 3. The van der Waals surface area contributed by atoms with E-state index >= 15 is 0 Å². The van der Waals surface area contributed by atoms with Gasteiger partial charge in [-0.2, -0.15) is 0 Å². The van der Waals surface area contributed by atoms with Crippen molar-refractivity contribution in [1.29, 1.82) is 0 Å². The number of thiophene rings is 1. The highest BCUT2D eigenvalue weighted by atomic mass is 32.1. The predicted molar refractivity (Wildman–Crippen MR) is 142 cm³/mol. The standard InChI is InChI=1S/C27H24FN5O3S/c1-15-11-19(36-18-5-3-2-4-6-18)7-8-20(15)33-21-9-10-30-26-22(21)23(32-27(33)35)24(37-26)25(34)31-17-12-16(28)13-29-14-17/h2-11,16-17,29H,12-14H2,1H3,(H,31,34)(H,32,35)/t16-,17-/m1/s1. The van der Waals surface area contributed by atoms with Gasteiger partial charge in [-0.1, -0.05) is 18.2 Å². The van der Waals surface area contributed by atoms with E-state index in [1.165, 1.54) is 11.3 Å². The Kier molecular flexibility index (Phi) is 5.97. The van der Waals surface area contributed by atoms with Crippen LogP contribution in [-0.4, -0.2) is 42.2 Å². The zero-order valence-corrected chi connectivity index (χ0v) is 20.8. The SMILES string of the molecule is Cc1cc(Oc2ccccc2)ccc1N1C(=O)Nc2c(C(=O)N[C@H]3CNC[C@H](F)C3)sc3nccc1c23. The first kappa shape index (κ1) is 23.4. The summed E-state index contributed by atoms with van der Waals surface area (Å²) in [7, 11) is 0. The lowest BCUT2D eigenvalue weighted by Gasteiger charge is -2.30. The number of nitrogens with zero attached hydrogens (tertiary/aromatic N) is 2. The molecule has 1 saturated heterocycles. The highest BCUT2D eigenvalue weighted by Gasteiger charge is 2.34. The number of piperidine rings is 1. The van der Waals surface area contributed by atoms with Crippen molar-refractivity contribution in [3.8, 4) is 11.5 Å². The van der Waals surface area contributed by atoms with E-state index in [-0.39, 0.29) is 24.4 Å². The fourth-order valence-electron chi connectivity index (χ4n) is 4.80. The summed E-state index contributed by atoms with van der Waals surface area (Å²) in [4.78, 5) is 33.6. The zero-order chi connectivity index (χ0) is 25.5. The Morgan fingerprint density at radius 1 is 1.14 bits per heavy atom. The van der Waals surface area contributed by atoms with Gasteiger partial charge in [-0.3, -0.25) is 9.69 Å². The van der Waals surface area contributed by atoms with Crippen LogP contribution in [0.15, 0.2) is 60.8 Å². The number of rotatable bonds is 5. The second-order valence-electron chi connectivity index (χ2n) is 9.11. The van der Waals surface area contributed by atoms with Crippen LogP contribution in [0, 0.1) is 6.92 Å². The highest BCUT2D eigenvalue weighted by Crippen LogP contribution is 2.46. The van der Waals surface area contributed by atoms with Gasteiger partial charge >= 0.3 is 6.03 Å². The van der Waals surface area contributed by atoms with Gasteiger partial charge in [0.05, 0.1) is 22.4 Å². The molecule has 2 aromatic heterocycles. The molecule has 0 radical (unpaired) electrons. The summed E-state index contributed by atoms with van der Waals surface area (Å²) in [5.41, 5.74) is 2.61. The molecule has 0 unspecified atom stereocenters. The van der Waals surface area contributed by atoms with E-state index in [2.05, 4.69) is 20.9 Å². The van der Waals surface area contributed by atoms with E-state index in [4.69, 9.17) is 4.74 Å². The Labute approximate surface area is 216 Å². The van der Waals surface area contributed by atoms with Gasteiger partial charge in [0.2, 0.25) is 0 Å². The number of aromatic nitrogens is 1. The predicted octanol–water partition coefficient (Wildman–Crippen LogP) is 5.51. The number of carbonyl (C=O) groups is 2. The molecule has 37 heavy (non-hydrogen) atoms. The zero-order valence-electron chi connectivity index (χ0n) is 20.0. The Morgan fingerprint density at radius 2 is 1.97 bits per heavy atom. The summed E-state index contributed by atoms with van der Waals surface area (Å²) < 4.78 is 19.7. The molecule has 2 aromatic carbocycles. The van der Waals surface area contributed by atoms with Gasteiger partial charge in [0.15, 0.2) is 0 Å². The minimum absolute atomic E-state index is 0.256. The molecule has 3 N–H and O–H groups in total. The molecule has 1 fully saturated rings. The number of hydrogen-bond acceptors (Lipinski definition) is 6. The molecule has 0 saturated carbocycles. The number of amides is 3. The number of ether oxygens (including phenoxy) is 1. The number of nitrogens with one attached hydrogen (secondary N) is 3. The van der Waals surface area contributed by atoms with Crippen LogP contribution >= 0.6 is 11.3 Å². The van der Waals surface area contributed by atoms with Gasteiger partial charge in [-0.05, 0) is 48.9 Å². The monoisotopic (exact) mass is 517 g/mol. The number of benzene rings is 2. The van der Waals surface area contributed by atoms with E-state index in [9.17, 15) is 14.0 Å². The third-order valence-electron chi connectivity index (χ3n) is 6.47. The number of carbonyl (C=O) groups excluding carboxylic acids is 2. The molecule has 2 aliphatic rings. The molecule has 6 rings (SSSR count). The molecule has 8 nitrogen and oxygen atoms in total. The van der Waals surface area contributed by atoms with Crippen LogP contribution in [0.2, 0.25) is 0 Å². The van der Waals surface area contributed by atoms with Crippen LogP contribution in [0.1, 0.15) is 21.7 Å². The minimum Gasteiger partial charge on any atom is -0.457 e. The van der Waals surface area contributed by atoms with Crippen LogP contribution in [0.5, 0.6) is 11.5 Å². The molecule has 4 aromatic rings. The van der Waals surface area contributed by atoms with Crippen molar-refractivity contribution in [3.05, 3.63) is 71.2 Å². The molecule has 0 bridgehead atoms. The molecular weight excluding hydrogens is 493 g/mol. The second-order valence-corrected chi connectivity index (χ2v) is 10.1. The summed E-state index contributed by atoms with van der Waals surface area (Å²) in [6.45, 7) is 2.70. The minimum atomic E-state index is -1.01. The molecule has 188 valence electrons. The van der Waals surface area contributed by atoms with Crippen molar-refractivity contribution in [1.82, 2.24) is 15.6 Å². The lowest BCUT2D eigenvalue weighted by molar-refractivity contribution is 0.0923. The van der Waals surface area contributed by atoms with Crippen LogP contribution in [0.3, 0.4) is 0 Å². The Balaban J connectivity index is 1.33. The number of aryl methyl sites for hydroxylation is 1. The molecule has 2 aliphatic heterocycles. The van der Waals surface area contributed by atoms with Crippen molar-refractivity contribution in [2.24, 2.45) is 0 Å². The molecule has 0 aliphatic carbocycles. The summed E-state index contributed by atoms with van der Waals surface area (Å²) in [6.07, 6.45) is 0.881. The highest BCUT2D eigenvalue weighted by molar-refractivity contribution is 7.21. The van der Waals surface area contributed by atoms with Gasteiger partial charge in [0.1, 0.15) is 27.4 Å². The van der Waals surface area contributed by atoms with Crippen LogP contribution in [-0.2, 0) is 0 Å². The third kappa shape index (κ3) is 4.38. The van der Waals surface area contributed by atoms with Crippen molar-refractivity contribution in [2.75, 3.05) is 23.3 Å². The first-order valence-corrected chi connectivity index (χ1v) is 12.8. The maximum atomic E-state index is 13.8. The van der Waals surface area contributed by atoms with Crippen molar-refractivity contribution < 1.29 is 18.7 Å². The normalized spacial score (nSPS) is 19.0. The number of urea groups is 1. The van der Waals surface area contributed by atoms with Crippen LogP contribution in [0.25, 0.3) is 10.2 Å². The van der Waals surface area contributed by atoms with Gasteiger partial charge < -0.3 is 20.7 Å². The van der Waals surface area contributed by atoms with E-state index in [1.807, 2.05) is 55.5 Å². The molecular formula is C27H24FN5O3S. The summed E-state index contributed by atoms with van der Waals surface area (Å²) in [5, 5.41) is 9.49.